The molecule has 0 saturated carbocycles. The van der Waals surface area contributed by atoms with Crippen molar-refractivity contribution in [2.75, 3.05) is 0 Å². The Morgan fingerprint density at radius 1 is 1.52 bits per heavy atom. The van der Waals surface area contributed by atoms with E-state index in [1.807, 2.05) is 6.08 Å². The van der Waals surface area contributed by atoms with Crippen LogP contribution in [0.3, 0.4) is 0 Å². The summed E-state index contributed by atoms with van der Waals surface area (Å²) in [4.78, 5) is 11.6. The lowest BCUT2D eigenvalue weighted by Crippen LogP contribution is -2.37. The van der Waals surface area contributed by atoms with Crippen molar-refractivity contribution in [2.24, 2.45) is 0 Å². The molecule has 0 N–H and O–H groups in total. The molecule has 0 saturated heterocycles. The Balaban J connectivity index is 2.78. The molecule has 0 aromatic heterocycles. The number of terminal acetylenes is 1. The van der Waals surface area contributed by atoms with Gasteiger partial charge in [0.15, 0.2) is 0 Å². The van der Waals surface area contributed by atoms with Gasteiger partial charge in [-0.05, 0) is 25.3 Å². The molecule has 1 aliphatic rings. The van der Waals surface area contributed by atoms with Gasteiger partial charge < -0.3 is 9.47 Å². The van der Waals surface area contributed by atoms with E-state index in [1.54, 1.807) is 6.08 Å². The average molecular weight is 355 g/mol. The first-order valence-corrected chi connectivity index (χ1v) is 8.22. The minimum absolute atomic E-state index is 0.0911. The molecule has 0 fully saturated rings. The number of ether oxygens (including phenoxy) is 2. The van der Waals surface area contributed by atoms with E-state index in [4.69, 9.17) is 15.9 Å². The van der Waals surface area contributed by atoms with Gasteiger partial charge in [-0.25, -0.2) is 0 Å². The van der Waals surface area contributed by atoms with Crippen LogP contribution in [0.1, 0.15) is 39.5 Å². The lowest BCUT2D eigenvalue weighted by atomic mass is 10.1. The van der Waals surface area contributed by atoms with E-state index in [-0.39, 0.29) is 24.3 Å². The minimum atomic E-state index is -0.311. The van der Waals surface area contributed by atoms with Gasteiger partial charge in [0.05, 0.1) is 12.2 Å². The van der Waals surface area contributed by atoms with Crippen molar-refractivity contribution in [3.05, 3.63) is 24.3 Å². The number of allylic oxidation sites excluding steroid dienone is 1. The highest BCUT2D eigenvalue weighted by Gasteiger charge is 2.29. The summed E-state index contributed by atoms with van der Waals surface area (Å²) in [6, 6.07) is 0. The van der Waals surface area contributed by atoms with Crippen molar-refractivity contribution in [3.63, 3.8) is 0 Å². The maximum absolute atomic E-state index is 11.3. The summed E-state index contributed by atoms with van der Waals surface area (Å²) in [5.74, 6) is 2.15. The number of hydrogen-bond donors (Lipinski definition) is 0. The lowest BCUT2D eigenvalue weighted by molar-refractivity contribution is -0.157. The van der Waals surface area contributed by atoms with E-state index < -0.39 is 0 Å². The maximum atomic E-state index is 11.3. The fraction of sp³-hybridized carbons (Fsp3) is 0.588. The summed E-state index contributed by atoms with van der Waals surface area (Å²) < 4.78 is 11.6. The predicted molar refractivity (Wildman–Crippen MR) is 88.2 cm³/mol. The number of carbonyl (C=O) groups is 1. The summed E-state index contributed by atoms with van der Waals surface area (Å²) in [7, 11) is 0. The van der Waals surface area contributed by atoms with Crippen molar-refractivity contribution < 1.29 is 14.3 Å². The zero-order chi connectivity index (χ0) is 15.7. The van der Waals surface area contributed by atoms with Crippen LogP contribution in [0.2, 0.25) is 0 Å². The fourth-order valence-electron chi connectivity index (χ4n) is 2.29. The van der Waals surface area contributed by atoms with Gasteiger partial charge in [0, 0.05) is 18.2 Å². The first kappa shape index (κ1) is 18.0. The van der Waals surface area contributed by atoms with Crippen LogP contribution < -0.4 is 0 Å². The molecule has 0 bridgehead atoms. The Kier molecular flexibility index (Phi) is 8.41. The van der Waals surface area contributed by atoms with E-state index in [0.29, 0.717) is 11.2 Å². The fourth-order valence-corrected chi connectivity index (χ4v) is 2.63. The summed E-state index contributed by atoms with van der Waals surface area (Å²) in [5.41, 5.74) is 0. The van der Waals surface area contributed by atoms with E-state index >= 15 is 0 Å². The predicted octanol–water partition coefficient (Wildman–Crippen LogP) is 3.77. The van der Waals surface area contributed by atoms with Crippen LogP contribution in [-0.4, -0.2) is 29.1 Å². The molecule has 0 spiro atoms. The Hall–Kier alpha value is -1.05. The normalized spacial score (nSPS) is 25.0. The van der Waals surface area contributed by atoms with Crippen LogP contribution in [0.5, 0.6) is 0 Å². The Labute approximate surface area is 135 Å². The monoisotopic (exact) mass is 354 g/mol. The molecular formula is C17H23BrO3. The third-order valence-electron chi connectivity index (χ3n) is 3.36. The minimum Gasteiger partial charge on any atom is -0.459 e. The number of rotatable bonds is 6. The summed E-state index contributed by atoms with van der Waals surface area (Å²) in [5, 5.41) is 0. The van der Waals surface area contributed by atoms with Gasteiger partial charge in [-0.15, -0.1) is 6.42 Å². The first-order chi connectivity index (χ1) is 10.1. The second kappa shape index (κ2) is 9.81. The van der Waals surface area contributed by atoms with Crippen LogP contribution in [0.25, 0.3) is 0 Å². The third-order valence-corrected chi connectivity index (χ3v) is 4.60. The number of hydrogen-bond acceptors (Lipinski definition) is 3. The molecule has 0 amide bonds. The Bertz CT molecular complexity index is 422. The topological polar surface area (TPSA) is 35.5 Å². The second-order valence-electron chi connectivity index (χ2n) is 5.03. The number of carbonyl (C=O) groups excluding carboxylic acids is 1. The number of halogens is 1. The molecule has 116 valence electrons. The molecule has 1 heterocycles. The van der Waals surface area contributed by atoms with Crippen molar-refractivity contribution in [1.29, 1.82) is 0 Å². The maximum Gasteiger partial charge on any atom is 0.303 e. The van der Waals surface area contributed by atoms with E-state index in [9.17, 15) is 4.79 Å². The van der Waals surface area contributed by atoms with Gasteiger partial charge in [-0.1, -0.05) is 47.0 Å². The molecule has 0 radical (unpaired) electrons. The largest absolute Gasteiger partial charge is 0.459 e. The highest BCUT2D eigenvalue weighted by Crippen LogP contribution is 2.25. The Morgan fingerprint density at radius 3 is 2.76 bits per heavy atom. The smallest absolute Gasteiger partial charge is 0.303 e. The molecule has 4 atom stereocenters. The molecule has 3 nitrogen and oxygen atoms in total. The van der Waals surface area contributed by atoms with Crippen LogP contribution in [0.15, 0.2) is 24.3 Å². The van der Waals surface area contributed by atoms with Crippen molar-refractivity contribution in [3.8, 4) is 12.3 Å². The van der Waals surface area contributed by atoms with Crippen molar-refractivity contribution >= 4 is 21.9 Å². The molecule has 4 heteroatoms. The lowest BCUT2D eigenvalue weighted by Gasteiger charge is -2.29. The molecule has 21 heavy (non-hydrogen) atoms. The standard InChI is InChI=1S/C17H23BrO3/c1-4-6-7-11-16(20-13(3)19)17-12-9-8-10-15(21-17)14(18)5-2/h1,6-9,14-17H,5,10-12H2,2-3H3/b7-6+/t14?,15-,16-,17-/m1/s1. The zero-order valence-corrected chi connectivity index (χ0v) is 14.2. The SMILES string of the molecule is C#C/C=C/C[C@@H](OC(C)=O)[C@H]1CC=CC[C@H](C(Br)CC)O1. The Morgan fingerprint density at radius 2 is 2.19 bits per heavy atom. The van der Waals surface area contributed by atoms with Crippen LogP contribution in [-0.2, 0) is 14.3 Å². The van der Waals surface area contributed by atoms with Crippen molar-refractivity contribution in [1.82, 2.24) is 0 Å². The molecular weight excluding hydrogens is 332 g/mol. The molecule has 1 unspecified atom stereocenters. The van der Waals surface area contributed by atoms with Gasteiger partial charge in [-0.2, -0.15) is 0 Å². The third kappa shape index (κ3) is 6.50. The average Bonchev–Trinajstić information content (AvgIpc) is 2.71. The second-order valence-corrected chi connectivity index (χ2v) is 6.21. The number of alkyl halides is 1. The first-order valence-electron chi connectivity index (χ1n) is 7.31. The molecule has 0 aromatic rings. The van der Waals surface area contributed by atoms with E-state index in [0.717, 1.165) is 19.3 Å². The molecule has 1 rings (SSSR count). The van der Waals surface area contributed by atoms with E-state index in [2.05, 4.69) is 40.9 Å². The molecule has 1 aliphatic heterocycles. The number of esters is 1. The van der Waals surface area contributed by atoms with Crippen LogP contribution in [0.4, 0.5) is 0 Å². The quantitative estimate of drug-likeness (QED) is 0.315. The van der Waals surface area contributed by atoms with E-state index in [1.165, 1.54) is 6.92 Å². The van der Waals surface area contributed by atoms with Gasteiger partial charge in [0.1, 0.15) is 6.10 Å². The highest BCUT2D eigenvalue weighted by atomic mass is 79.9. The van der Waals surface area contributed by atoms with Crippen LogP contribution in [0, 0.1) is 12.3 Å². The summed E-state index contributed by atoms with van der Waals surface area (Å²) in [6.45, 7) is 3.53. The molecule has 0 aromatic carbocycles. The zero-order valence-electron chi connectivity index (χ0n) is 12.6. The van der Waals surface area contributed by atoms with Gasteiger partial charge in [0.2, 0.25) is 0 Å². The summed E-state index contributed by atoms with van der Waals surface area (Å²) in [6.07, 6.45) is 15.7. The molecule has 0 aliphatic carbocycles. The summed E-state index contributed by atoms with van der Waals surface area (Å²) >= 11 is 3.66. The van der Waals surface area contributed by atoms with Crippen molar-refractivity contribution in [2.45, 2.75) is 62.7 Å². The van der Waals surface area contributed by atoms with Gasteiger partial charge in [-0.3, -0.25) is 4.79 Å². The van der Waals surface area contributed by atoms with Gasteiger partial charge in [0.25, 0.3) is 0 Å². The van der Waals surface area contributed by atoms with Crippen LogP contribution >= 0.6 is 15.9 Å². The highest BCUT2D eigenvalue weighted by molar-refractivity contribution is 9.09. The van der Waals surface area contributed by atoms with Gasteiger partial charge >= 0.3 is 5.97 Å².